The fourth-order valence-electron chi connectivity index (χ4n) is 2.59. The van der Waals surface area contributed by atoms with Gasteiger partial charge in [-0.15, -0.1) is 0 Å². The maximum atomic E-state index is 14.3. The number of carbonyl (C=O) groups is 2. The number of amides is 1. The first-order valence-corrected chi connectivity index (χ1v) is 7.88. The van der Waals surface area contributed by atoms with Crippen LogP contribution in [-0.2, 0) is 14.3 Å². The van der Waals surface area contributed by atoms with Crippen LogP contribution in [0.4, 0.5) is 4.39 Å². The lowest BCUT2D eigenvalue weighted by atomic mass is 9.84. The van der Waals surface area contributed by atoms with Crippen molar-refractivity contribution in [1.29, 1.82) is 0 Å². The lowest BCUT2D eigenvalue weighted by Gasteiger charge is -2.28. The summed E-state index contributed by atoms with van der Waals surface area (Å²) in [6.07, 6.45) is 0.343. The zero-order valence-electron chi connectivity index (χ0n) is 13.3. The van der Waals surface area contributed by atoms with Gasteiger partial charge < -0.3 is 10.1 Å². The van der Waals surface area contributed by atoms with E-state index in [1.165, 1.54) is 12.1 Å². The molecule has 1 N–H and O–H groups in total. The number of halogens is 2. The summed E-state index contributed by atoms with van der Waals surface area (Å²) in [5.74, 6) is -2.14. The van der Waals surface area contributed by atoms with Gasteiger partial charge in [-0.05, 0) is 32.4 Å². The monoisotopic (exact) mass is 339 g/mol. The number of benzene rings is 1. The Morgan fingerprint density at radius 1 is 1.52 bits per heavy atom. The molecule has 1 aromatic carbocycles. The van der Waals surface area contributed by atoms with E-state index in [-0.39, 0.29) is 34.6 Å². The van der Waals surface area contributed by atoms with E-state index in [4.69, 9.17) is 16.3 Å². The van der Waals surface area contributed by atoms with Crippen LogP contribution in [0.5, 0.6) is 0 Å². The van der Waals surface area contributed by atoms with E-state index in [2.05, 4.69) is 5.32 Å². The maximum absolute atomic E-state index is 14.3. The van der Waals surface area contributed by atoms with Crippen molar-refractivity contribution in [2.24, 2.45) is 0 Å². The fraction of sp³-hybridized carbons (Fsp3) is 0.412. The smallest absolute Gasteiger partial charge is 0.336 e. The molecule has 0 aliphatic carbocycles. The van der Waals surface area contributed by atoms with E-state index in [1.54, 1.807) is 19.9 Å². The summed E-state index contributed by atoms with van der Waals surface area (Å²) < 4.78 is 19.6. The highest BCUT2D eigenvalue weighted by Gasteiger charge is 2.35. The molecule has 0 saturated heterocycles. The van der Waals surface area contributed by atoms with Gasteiger partial charge in [0, 0.05) is 28.6 Å². The van der Waals surface area contributed by atoms with Gasteiger partial charge in [-0.2, -0.15) is 0 Å². The van der Waals surface area contributed by atoms with Crippen molar-refractivity contribution in [2.75, 3.05) is 0 Å². The third kappa shape index (κ3) is 3.72. The molecule has 2 rings (SSSR count). The van der Waals surface area contributed by atoms with Gasteiger partial charge in [0.25, 0.3) is 0 Å². The van der Waals surface area contributed by atoms with Gasteiger partial charge >= 0.3 is 5.97 Å². The molecule has 0 saturated carbocycles. The van der Waals surface area contributed by atoms with E-state index >= 15 is 0 Å². The minimum Gasteiger partial charge on any atom is -0.459 e. The summed E-state index contributed by atoms with van der Waals surface area (Å²) in [7, 11) is 0. The molecule has 1 heterocycles. The Kier molecular flexibility index (Phi) is 5.42. The highest BCUT2D eigenvalue weighted by Crippen LogP contribution is 2.38. The molecule has 0 unspecified atom stereocenters. The maximum Gasteiger partial charge on any atom is 0.336 e. The van der Waals surface area contributed by atoms with Crippen molar-refractivity contribution in [3.63, 3.8) is 0 Å². The van der Waals surface area contributed by atoms with E-state index in [9.17, 15) is 14.0 Å². The summed E-state index contributed by atoms with van der Waals surface area (Å²) in [5, 5.41) is 2.80. The summed E-state index contributed by atoms with van der Waals surface area (Å²) >= 11 is 6.11. The number of hydrogen-bond acceptors (Lipinski definition) is 3. The van der Waals surface area contributed by atoms with Crippen LogP contribution in [0, 0.1) is 5.82 Å². The number of allylic oxidation sites excluding steroid dienone is 1. The third-order valence-electron chi connectivity index (χ3n) is 3.92. The summed E-state index contributed by atoms with van der Waals surface area (Å²) in [6, 6.07) is 4.29. The lowest BCUT2D eigenvalue weighted by molar-refractivity contribution is -0.144. The quantitative estimate of drug-likeness (QED) is 0.851. The first-order chi connectivity index (χ1) is 10.8. The Morgan fingerprint density at radius 3 is 2.83 bits per heavy atom. The van der Waals surface area contributed by atoms with Crippen LogP contribution in [0.15, 0.2) is 29.5 Å². The normalized spacial score (nSPS) is 19.3. The molecule has 23 heavy (non-hydrogen) atoms. The average Bonchev–Trinajstić information content (AvgIpc) is 2.46. The van der Waals surface area contributed by atoms with Crippen molar-refractivity contribution in [1.82, 2.24) is 5.32 Å². The van der Waals surface area contributed by atoms with Crippen LogP contribution in [0.2, 0.25) is 5.02 Å². The summed E-state index contributed by atoms with van der Waals surface area (Å²) in [4.78, 5) is 24.4. The van der Waals surface area contributed by atoms with Gasteiger partial charge in [0.1, 0.15) is 5.82 Å². The van der Waals surface area contributed by atoms with Crippen molar-refractivity contribution >= 4 is 23.5 Å². The molecule has 6 heteroatoms. The van der Waals surface area contributed by atoms with Gasteiger partial charge in [0.2, 0.25) is 5.91 Å². The standard InChI is InChI=1S/C17H19ClFNO3/c1-4-9(2)23-17(22)15-10(3)20-14(21)8-11(15)16-12(18)6-5-7-13(16)19/h5-7,9,11H,4,8H2,1-3H3,(H,20,21)/t9-,11-/m0/s1. The largest absolute Gasteiger partial charge is 0.459 e. The Morgan fingerprint density at radius 2 is 2.22 bits per heavy atom. The number of rotatable bonds is 4. The van der Waals surface area contributed by atoms with Crippen LogP contribution in [-0.4, -0.2) is 18.0 Å². The molecule has 1 amide bonds. The third-order valence-corrected chi connectivity index (χ3v) is 4.25. The SMILES string of the molecule is CC[C@H](C)OC(=O)C1=C(C)NC(=O)C[C@@H]1c1c(F)cccc1Cl. The van der Waals surface area contributed by atoms with Crippen molar-refractivity contribution in [3.05, 3.63) is 45.9 Å². The molecule has 1 aliphatic rings. The molecule has 2 atom stereocenters. The molecule has 0 bridgehead atoms. The van der Waals surface area contributed by atoms with Crippen molar-refractivity contribution in [3.8, 4) is 0 Å². The van der Waals surface area contributed by atoms with E-state index in [0.717, 1.165) is 0 Å². The molecule has 1 aromatic rings. The van der Waals surface area contributed by atoms with Gasteiger partial charge in [-0.3, -0.25) is 4.79 Å². The molecular formula is C17H19ClFNO3. The molecular weight excluding hydrogens is 321 g/mol. The zero-order valence-corrected chi connectivity index (χ0v) is 14.0. The van der Waals surface area contributed by atoms with Crippen molar-refractivity contribution < 1.29 is 18.7 Å². The number of ether oxygens (including phenoxy) is 1. The molecule has 0 aromatic heterocycles. The predicted octanol–water partition coefficient (Wildman–Crippen LogP) is 3.70. The molecule has 0 fully saturated rings. The summed E-state index contributed by atoms with van der Waals surface area (Å²) in [5.41, 5.74) is 0.773. The summed E-state index contributed by atoms with van der Waals surface area (Å²) in [6.45, 7) is 5.28. The van der Waals surface area contributed by atoms with E-state index < -0.39 is 17.7 Å². The Hall–Kier alpha value is -1.88. The van der Waals surface area contributed by atoms with Crippen LogP contribution >= 0.6 is 11.6 Å². The van der Waals surface area contributed by atoms with Gasteiger partial charge in [0.15, 0.2) is 0 Å². The molecule has 124 valence electrons. The van der Waals surface area contributed by atoms with Crippen LogP contribution in [0.3, 0.4) is 0 Å². The second-order valence-electron chi connectivity index (χ2n) is 5.60. The van der Waals surface area contributed by atoms with Gasteiger partial charge in [-0.25, -0.2) is 9.18 Å². The van der Waals surface area contributed by atoms with E-state index in [0.29, 0.717) is 12.1 Å². The van der Waals surface area contributed by atoms with E-state index in [1.807, 2.05) is 6.92 Å². The first kappa shape index (κ1) is 17.5. The molecule has 1 aliphatic heterocycles. The Labute approximate surface area is 139 Å². The van der Waals surface area contributed by atoms with Crippen LogP contribution in [0.1, 0.15) is 45.1 Å². The van der Waals surface area contributed by atoms with Gasteiger partial charge in [-0.1, -0.05) is 24.6 Å². The Balaban J connectivity index is 2.49. The predicted molar refractivity (Wildman–Crippen MR) is 85.5 cm³/mol. The van der Waals surface area contributed by atoms with Crippen LogP contribution < -0.4 is 5.32 Å². The van der Waals surface area contributed by atoms with Crippen LogP contribution in [0.25, 0.3) is 0 Å². The molecule has 4 nitrogen and oxygen atoms in total. The number of hydrogen-bond donors (Lipinski definition) is 1. The molecule has 0 spiro atoms. The number of esters is 1. The van der Waals surface area contributed by atoms with Crippen molar-refractivity contribution in [2.45, 2.75) is 45.6 Å². The average molecular weight is 340 g/mol. The Bertz CT molecular complexity index is 652. The topological polar surface area (TPSA) is 55.4 Å². The van der Waals surface area contributed by atoms with Gasteiger partial charge in [0.05, 0.1) is 11.7 Å². The number of nitrogens with one attached hydrogen (secondary N) is 1. The fourth-order valence-corrected chi connectivity index (χ4v) is 2.89. The highest BCUT2D eigenvalue weighted by atomic mass is 35.5. The highest BCUT2D eigenvalue weighted by molar-refractivity contribution is 6.31. The minimum absolute atomic E-state index is 0.0526. The number of carbonyl (C=O) groups excluding carboxylic acids is 2. The second-order valence-corrected chi connectivity index (χ2v) is 6.01. The minimum atomic E-state index is -0.756. The molecule has 0 radical (unpaired) electrons. The first-order valence-electron chi connectivity index (χ1n) is 7.50. The zero-order chi connectivity index (χ0) is 17.1. The lowest BCUT2D eigenvalue weighted by Crippen LogP contribution is -2.35. The second kappa shape index (κ2) is 7.13.